The lowest BCUT2D eigenvalue weighted by molar-refractivity contribution is 0.560. The third-order valence-electron chi connectivity index (χ3n) is 2.95. The van der Waals surface area contributed by atoms with Gasteiger partial charge in [0.15, 0.2) is 0 Å². The van der Waals surface area contributed by atoms with Gasteiger partial charge in [-0.15, -0.1) is 11.3 Å². The number of rotatable bonds is 5. The Morgan fingerprint density at radius 3 is 2.42 bits per heavy atom. The molecule has 102 valence electrons. The minimum atomic E-state index is 0.354. The third kappa shape index (κ3) is 4.37. The molecule has 1 nitrogen and oxygen atoms in total. The number of halogens is 3. The fourth-order valence-electron chi connectivity index (χ4n) is 1.93. The van der Waals surface area contributed by atoms with E-state index >= 15 is 0 Å². The fourth-order valence-corrected chi connectivity index (χ4v) is 3.42. The van der Waals surface area contributed by atoms with Gasteiger partial charge in [-0.1, -0.05) is 40.9 Å². The zero-order chi connectivity index (χ0) is 13.8. The van der Waals surface area contributed by atoms with Gasteiger partial charge in [-0.05, 0) is 49.7 Å². The lowest BCUT2D eigenvalue weighted by atomic mass is 10.0. The number of thiophene rings is 1. The van der Waals surface area contributed by atoms with Crippen molar-refractivity contribution in [2.24, 2.45) is 0 Å². The lowest BCUT2D eigenvalue weighted by Gasteiger charge is -2.15. The van der Waals surface area contributed by atoms with Crippen LogP contribution in [0.5, 0.6) is 0 Å². The van der Waals surface area contributed by atoms with Crippen LogP contribution in [0.2, 0.25) is 14.4 Å². The highest BCUT2D eigenvalue weighted by Gasteiger charge is 2.11. The standard InChI is InChI=1S/C14H14Cl3NS/c1-18-10(8-11-3-5-14(17)19-11)6-9-2-4-12(15)13(16)7-9/h2-5,7,10,18H,6,8H2,1H3. The highest BCUT2D eigenvalue weighted by Crippen LogP contribution is 2.25. The quantitative estimate of drug-likeness (QED) is 0.804. The van der Waals surface area contributed by atoms with Gasteiger partial charge in [0.05, 0.1) is 14.4 Å². The molecule has 1 N–H and O–H groups in total. The summed E-state index contributed by atoms with van der Waals surface area (Å²) in [5.74, 6) is 0. The van der Waals surface area contributed by atoms with Gasteiger partial charge in [0.25, 0.3) is 0 Å². The summed E-state index contributed by atoms with van der Waals surface area (Å²) in [5, 5.41) is 4.53. The summed E-state index contributed by atoms with van der Waals surface area (Å²) in [6, 6.07) is 10.1. The molecule has 5 heteroatoms. The summed E-state index contributed by atoms with van der Waals surface area (Å²) in [4.78, 5) is 1.28. The van der Waals surface area contributed by atoms with Crippen molar-refractivity contribution in [1.82, 2.24) is 5.32 Å². The van der Waals surface area contributed by atoms with Crippen molar-refractivity contribution < 1.29 is 0 Å². The predicted molar refractivity (Wildman–Crippen MR) is 86.0 cm³/mol. The molecule has 1 aromatic heterocycles. The summed E-state index contributed by atoms with van der Waals surface area (Å²) in [6.45, 7) is 0. The van der Waals surface area contributed by atoms with E-state index in [-0.39, 0.29) is 0 Å². The van der Waals surface area contributed by atoms with E-state index in [1.54, 1.807) is 11.3 Å². The normalized spacial score (nSPS) is 12.6. The van der Waals surface area contributed by atoms with Crippen molar-refractivity contribution in [1.29, 1.82) is 0 Å². The van der Waals surface area contributed by atoms with Gasteiger partial charge in [-0.2, -0.15) is 0 Å². The van der Waals surface area contributed by atoms with E-state index < -0.39 is 0 Å². The molecule has 0 fully saturated rings. The molecular weight excluding hydrogens is 321 g/mol. The van der Waals surface area contributed by atoms with E-state index in [4.69, 9.17) is 34.8 Å². The first-order valence-corrected chi connectivity index (χ1v) is 7.89. The molecule has 1 unspecified atom stereocenters. The summed E-state index contributed by atoms with van der Waals surface area (Å²) >= 11 is 19.5. The van der Waals surface area contributed by atoms with E-state index in [0.29, 0.717) is 16.1 Å². The van der Waals surface area contributed by atoms with Crippen molar-refractivity contribution in [2.75, 3.05) is 7.05 Å². The Balaban J connectivity index is 2.04. The minimum absolute atomic E-state index is 0.354. The van der Waals surface area contributed by atoms with Gasteiger partial charge >= 0.3 is 0 Å². The Bertz CT molecular complexity index is 553. The summed E-state index contributed by atoms with van der Waals surface area (Å²) in [6.07, 6.45) is 1.86. The Labute approximate surface area is 132 Å². The fraction of sp³-hybridized carbons (Fsp3) is 0.286. The van der Waals surface area contributed by atoms with Crippen molar-refractivity contribution in [2.45, 2.75) is 18.9 Å². The maximum Gasteiger partial charge on any atom is 0.0931 e. The van der Waals surface area contributed by atoms with Crippen molar-refractivity contribution >= 4 is 46.1 Å². The number of nitrogens with one attached hydrogen (secondary N) is 1. The first-order valence-electron chi connectivity index (χ1n) is 5.94. The largest absolute Gasteiger partial charge is 0.316 e. The maximum absolute atomic E-state index is 6.04. The second-order valence-corrected chi connectivity index (χ2v) is 6.96. The summed E-state index contributed by atoms with van der Waals surface area (Å²) in [7, 11) is 1.97. The zero-order valence-electron chi connectivity index (χ0n) is 10.4. The first kappa shape index (κ1) is 15.1. The van der Waals surface area contributed by atoms with Gasteiger partial charge < -0.3 is 5.32 Å². The van der Waals surface area contributed by atoms with Gasteiger partial charge in [-0.25, -0.2) is 0 Å². The monoisotopic (exact) mass is 333 g/mol. The van der Waals surface area contributed by atoms with Crippen LogP contribution in [0.25, 0.3) is 0 Å². The third-order valence-corrected chi connectivity index (χ3v) is 4.94. The number of hydrogen-bond donors (Lipinski definition) is 1. The molecule has 0 saturated carbocycles. The molecule has 19 heavy (non-hydrogen) atoms. The highest BCUT2D eigenvalue weighted by atomic mass is 35.5. The Hall–Kier alpha value is -0.250. The first-order chi connectivity index (χ1) is 9.08. The molecule has 0 bridgehead atoms. The van der Waals surface area contributed by atoms with Gasteiger partial charge in [0, 0.05) is 10.9 Å². The van der Waals surface area contributed by atoms with Gasteiger partial charge in [0.1, 0.15) is 0 Å². The van der Waals surface area contributed by atoms with Crippen LogP contribution >= 0.6 is 46.1 Å². The van der Waals surface area contributed by atoms with E-state index in [1.807, 2.05) is 31.3 Å². The molecule has 1 aromatic carbocycles. The molecule has 0 saturated heterocycles. The van der Waals surface area contributed by atoms with Crippen LogP contribution in [0.1, 0.15) is 10.4 Å². The average molecular weight is 335 g/mol. The van der Waals surface area contributed by atoms with E-state index in [0.717, 1.165) is 17.2 Å². The summed E-state index contributed by atoms with van der Waals surface area (Å²) in [5.41, 5.74) is 1.18. The summed E-state index contributed by atoms with van der Waals surface area (Å²) < 4.78 is 0.833. The number of benzene rings is 1. The SMILES string of the molecule is CNC(Cc1ccc(Cl)c(Cl)c1)Cc1ccc(Cl)s1. The predicted octanol–water partition coefficient (Wildman–Crippen LogP) is 5.08. The highest BCUT2D eigenvalue weighted by molar-refractivity contribution is 7.16. The van der Waals surface area contributed by atoms with Crippen LogP contribution < -0.4 is 5.32 Å². The maximum atomic E-state index is 6.04. The van der Waals surface area contributed by atoms with Crippen LogP contribution in [-0.2, 0) is 12.8 Å². The second kappa shape index (κ2) is 6.96. The van der Waals surface area contributed by atoms with E-state index in [9.17, 15) is 0 Å². The van der Waals surface area contributed by atoms with E-state index in [2.05, 4.69) is 11.4 Å². The van der Waals surface area contributed by atoms with Gasteiger partial charge in [0.2, 0.25) is 0 Å². The molecule has 0 spiro atoms. The van der Waals surface area contributed by atoms with Crippen LogP contribution in [0, 0.1) is 0 Å². The van der Waals surface area contributed by atoms with Crippen molar-refractivity contribution in [3.05, 3.63) is 55.2 Å². The Kier molecular flexibility index (Phi) is 5.55. The number of hydrogen-bond acceptors (Lipinski definition) is 2. The molecule has 0 aliphatic heterocycles. The zero-order valence-corrected chi connectivity index (χ0v) is 13.5. The van der Waals surface area contributed by atoms with E-state index in [1.165, 1.54) is 10.4 Å². The Morgan fingerprint density at radius 1 is 1.05 bits per heavy atom. The Morgan fingerprint density at radius 2 is 1.84 bits per heavy atom. The van der Waals surface area contributed by atoms with Crippen LogP contribution in [0.15, 0.2) is 30.3 Å². The second-order valence-electron chi connectivity index (χ2n) is 4.35. The molecule has 1 atom stereocenters. The van der Waals surface area contributed by atoms with Crippen molar-refractivity contribution in [3.63, 3.8) is 0 Å². The molecule has 0 amide bonds. The smallest absolute Gasteiger partial charge is 0.0931 e. The molecule has 1 heterocycles. The molecule has 0 aliphatic carbocycles. The van der Waals surface area contributed by atoms with Gasteiger partial charge in [-0.3, -0.25) is 0 Å². The van der Waals surface area contributed by atoms with Crippen LogP contribution in [0.4, 0.5) is 0 Å². The average Bonchev–Trinajstić information content (AvgIpc) is 2.78. The lowest BCUT2D eigenvalue weighted by Crippen LogP contribution is -2.29. The molecule has 2 rings (SSSR count). The molecule has 2 aromatic rings. The molecule has 0 radical (unpaired) electrons. The topological polar surface area (TPSA) is 12.0 Å². The number of likely N-dealkylation sites (N-methyl/N-ethyl adjacent to an activating group) is 1. The molecule has 0 aliphatic rings. The van der Waals surface area contributed by atoms with Crippen LogP contribution in [0.3, 0.4) is 0 Å². The van der Waals surface area contributed by atoms with Crippen molar-refractivity contribution in [3.8, 4) is 0 Å². The minimum Gasteiger partial charge on any atom is -0.316 e. The van der Waals surface area contributed by atoms with Crippen LogP contribution in [-0.4, -0.2) is 13.1 Å². The molecular formula is C14H14Cl3NS.